The molecule has 0 spiro atoms. The topological polar surface area (TPSA) is 23.6 Å². The van der Waals surface area contributed by atoms with Gasteiger partial charge in [0.1, 0.15) is 4.34 Å². The standard InChI is InChI=1S/C18H20Cl2N2OS.ClH/c1-21-10-3-2-4-16(21)14-7-5-13(6-8-14)12-22(20)18(23)15-9-11-24-17(15)19;/h5-9,11,16H,2-4,10,12H2,1H3;1H. The number of amides is 1. The van der Waals surface area contributed by atoms with E-state index in [4.69, 9.17) is 23.4 Å². The molecule has 1 aromatic heterocycles. The van der Waals surface area contributed by atoms with Crippen LogP contribution in [-0.2, 0) is 6.54 Å². The molecule has 136 valence electrons. The third kappa shape index (κ3) is 4.89. The minimum atomic E-state index is -0.265. The van der Waals surface area contributed by atoms with Crippen LogP contribution in [0.15, 0.2) is 35.7 Å². The number of halogens is 3. The fourth-order valence-corrected chi connectivity index (χ4v) is 4.28. The number of carbonyl (C=O) groups is 1. The SMILES string of the molecule is CN1CCCCC1c1ccc(CN(Cl)C(=O)c2ccsc2Cl)cc1.Cl. The molecule has 0 saturated carbocycles. The summed E-state index contributed by atoms with van der Waals surface area (Å²) < 4.78 is 1.66. The van der Waals surface area contributed by atoms with E-state index in [2.05, 4.69) is 36.2 Å². The summed E-state index contributed by atoms with van der Waals surface area (Å²) in [6, 6.07) is 10.6. The summed E-state index contributed by atoms with van der Waals surface area (Å²) in [5.74, 6) is -0.265. The van der Waals surface area contributed by atoms with Crippen LogP contribution in [0.3, 0.4) is 0 Å². The van der Waals surface area contributed by atoms with Crippen LogP contribution in [0.2, 0.25) is 4.34 Å². The Kier molecular flexibility index (Phi) is 7.59. The summed E-state index contributed by atoms with van der Waals surface area (Å²) in [5, 5.41) is 1.79. The molecule has 2 aromatic rings. The number of carbonyl (C=O) groups excluding carboxylic acids is 1. The molecule has 3 rings (SSSR count). The van der Waals surface area contributed by atoms with Gasteiger partial charge in [0.25, 0.3) is 5.91 Å². The van der Waals surface area contributed by atoms with Crippen molar-refractivity contribution in [1.29, 1.82) is 0 Å². The lowest BCUT2D eigenvalue weighted by molar-refractivity contribution is 0.0858. The molecule has 0 N–H and O–H groups in total. The van der Waals surface area contributed by atoms with Gasteiger partial charge in [0.15, 0.2) is 0 Å². The zero-order valence-corrected chi connectivity index (χ0v) is 17.1. The van der Waals surface area contributed by atoms with E-state index in [1.807, 2.05) is 0 Å². The summed E-state index contributed by atoms with van der Waals surface area (Å²) in [6.07, 6.45) is 3.76. The number of piperidine rings is 1. The largest absolute Gasteiger partial charge is 0.299 e. The summed E-state index contributed by atoms with van der Waals surface area (Å²) in [6.45, 7) is 1.51. The van der Waals surface area contributed by atoms with Crippen molar-refractivity contribution in [2.75, 3.05) is 13.6 Å². The third-order valence-corrected chi connectivity index (χ3v) is 5.97. The second-order valence-corrected chi connectivity index (χ2v) is 8.09. The summed E-state index contributed by atoms with van der Waals surface area (Å²) in [5.41, 5.74) is 2.79. The van der Waals surface area contributed by atoms with Crippen LogP contribution in [-0.4, -0.2) is 28.8 Å². The maximum Gasteiger partial charge on any atom is 0.270 e. The van der Waals surface area contributed by atoms with Gasteiger partial charge in [-0.3, -0.25) is 9.69 Å². The van der Waals surface area contributed by atoms with Crippen molar-refractivity contribution in [1.82, 2.24) is 9.32 Å². The Balaban J connectivity index is 0.00000225. The Morgan fingerprint density at radius 1 is 1.28 bits per heavy atom. The molecular weight excluding hydrogens is 399 g/mol. The number of hydrogen-bond acceptors (Lipinski definition) is 3. The first kappa shape index (κ1) is 20.5. The lowest BCUT2D eigenvalue weighted by Gasteiger charge is -2.32. The summed E-state index contributed by atoms with van der Waals surface area (Å²) in [7, 11) is 2.18. The van der Waals surface area contributed by atoms with Crippen molar-refractivity contribution in [3.05, 3.63) is 56.7 Å². The van der Waals surface area contributed by atoms with Crippen molar-refractivity contribution < 1.29 is 4.79 Å². The Bertz CT molecular complexity index is 705. The Hall–Kier alpha value is -0.780. The molecule has 1 atom stereocenters. The maximum absolute atomic E-state index is 12.3. The smallest absolute Gasteiger partial charge is 0.270 e. The molecule has 1 aromatic carbocycles. The predicted molar refractivity (Wildman–Crippen MR) is 108 cm³/mol. The summed E-state index contributed by atoms with van der Waals surface area (Å²) in [4.78, 5) is 14.7. The number of thiophene rings is 1. The van der Waals surface area contributed by atoms with Gasteiger partial charge in [-0.05, 0) is 49.0 Å². The van der Waals surface area contributed by atoms with Crippen LogP contribution in [0.5, 0.6) is 0 Å². The molecule has 1 aliphatic rings. The highest BCUT2D eigenvalue weighted by molar-refractivity contribution is 7.14. The van der Waals surface area contributed by atoms with Crippen molar-refractivity contribution in [3.63, 3.8) is 0 Å². The number of likely N-dealkylation sites (tertiary alicyclic amines) is 1. The van der Waals surface area contributed by atoms with Gasteiger partial charge in [0.2, 0.25) is 0 Å². The van der Waals surface area contributed by atoms with E-state index < -0.39 is 0 Å². The lowest BCUT2D eigenvalue weighted by Crippen LogP contribution is -2.29. The minimum Gasteiger partial charge on any atom is -0.299 e. The van der Waals surface area contributed by atoms with Crippen LogP contribution in [0.25, 0.3) is 0 Å². The highest BCUT2D eigenvalue weighted by Crippen LogP contribution is 2.30. The van der Waals surface area contributed by atoms with E-state index in [0.29, 0.717) is 22.5 Å². The molecule has 0 aliphatic carbocycles. The van der Waals surface area contributed by atoms with E-state index in [-0.39, 0.29) is 18.3 Å². The van der Waals surface area contributed by atoms with Crippen LogP contribution in [0.4, 0.5) is 0 Å². The Labute approximate surface area is 169 Å². The molecule has 1 fully saturated rings. The minimum absolute atomic E-state index is 0. The highest BCUT2D eigenvalue weighted by atomic mass is 35.5. The molecule has 7 heteroatoms. The van der Waals surface area contributed by atoms with Crippen molar-refractivity contribution in [2.24, 2.45) is 0 Å². The Morgan fingerprint density at radius 3 is 2.60 bits per heavy atom. The van der Waals surface area contributed by atoms with Gasteiger partial charge in [-0.2, -0.15) is 0 Å². The zero-order valence-electron chi connectivity index (χ0n) is 14.0. The molecule has 0 bridgehead atoms. The predicted octanol–water partition coefficient (Wildman–Crippen LogP) is 5.78. The molecule has 3 nitrogen and oxygen atoms in total. The lowest BCUT2D eigenvalue weighted by atomic mass is 9.95. The molecule has 1 aliphatic heterocycles. The quantitative estimate of drug-likeness (QED) is 0.587. The fourth-order valence-electron chi connectivity index (χ4n) is 3.15. The van der Waals surface area contributed by atoms with Gasteiger partial charge in [-0.15, -0.1) is 23.7 Å². The van der Waals surface area contributed by atoms with Gasteiger partial charge in [-0.1, -0.05) is 42.3 Å². The first-order valence-corrected chi connectivity index (χ1v) is 9.65. The van der Waals surface area contributed by atoms with E-state index in [1.54, 1.807) is 11.4 Å². The first-order valence-electron chi connectivity index (χ1n) is 8.06. The second-order valence-electron chi connectivity index (χ2n) is 6.17. The van der Waals surface area contributed by atoms with E-state index >= 15 is 0 Å². The molecular formula is C18H21Cl3N2OS. The van der Waals surface area contributed by atoms with Crippen molar-refractivity contribution in [2.45, 2.75) is 31.8 Å². The molecule has 1 amide bonds. The van der Waals surface area contributed by atoms with Crippen LogP contribution in [0, 0.1) is 0 Å². The summed E-state index contributed by atoms with van der Waals surface area (Å²) >= 11 is 13.5. The Morgan fingerprint density at radius 2 is 2.00 bits per heavy atom. The van der Waals surface area contributed by atoms with E-state index in [9.17, 15) is 4.79 Å². The fraction of sp³-hybridized carbons (Fsp3) is 0.389. The number of nitrogens with zero attached hydrogens (tertiary/aromatic N) is 2. The first-order chi connectivity index (χ1) is 11.6. The molecule has 25 heavy (non-hydrogen) atoms. The van der Waals surface area contributed by atoms with Crippen LogP contribution >= 0.6 is 47.1 Å². The van der Waals surface area contributed by atoms with Crippen molar-refractivity contribution in [3.8, 4) is 0 Å². The molecule has 1 saturated heterocycles. The van der Waals surface area contributed by atoms with Crippen LogP contribution in [0.1, 0.15) is 46.8 Å². The van der Waals surface area contributed by atoms with Gasteiger partial charge in [0, 0.05) is 17.8 Å². The molecule has 2 heterocycles. The zero-order chi connectivity index (χ0) is 17.1. The van der Waals surface area contributed by atoms with Gasteiger partial charge in [-0.25, -0.2) is 4.42 Å². The van der Waals surface area contributed by atoms with Gasteiger partial charge in [0.05, 0.1) is 12.1 Å². The van der Waals surface area contributed by atoms with E-state index in [0.717, 1.165) is 12.1 Å². The second kappa shape index (κ2) is 9.24. The average molecular weight is 420 g/mol. The average Bonchev–Trinajstić information content (AvgIpc) is 3.01. The molecule has 0 radical (unpaired) electrons. The monoisotopic (exact) mass is 418 g/mol. The molecule has 1 unspecified atom stereocenters. The van der Waals surface area contributed by atoms with Gasteiger partial charge >= 0.3 is 0 Å². The van der Waals surface area contributed by atoms with Gasteiger partial charge < -0.3 is 0 Å². The number of rotatable bonds is 4. The maximum atomic E-state index is 12.3. The number of benzene rings is 1. The van der Waals surface area contributed by atoms with Crippen LogP contribution < -0.4 is 0 Å². The van der Waals surface area contributed by atoms with E-state index in [1.165, 1.54) is 40.6 Å². The highest BCUT2D eigenvalue weighted by Gasteiger charge is 2.21. The van der Waals surface area contributed by atoms with Crippen molar-refractivity contribution >= 4 is 53.0 Å². The third-order valence-electron chi connectivity index (χ3n) is 4.53. The normalized spacial score (nSPS) is 17.8. The number of hydrogen-bond donors (Lipinski definition) is 0.